The van der Waals surface area contributed by atoms with Gasteiger partial charge < -0.3 is 5.32 Å². The molecule has 17 heavy (non-hydrogen) atoms. The van der Waals surface area contributed by atoms with Gasteiger partial charge >= 0.3 is 0 Å². The summed E-state index contributed by atoms with van der Waals surface area (Å²) in [6.45, 7) is 14.3. The van der Waals surface area contributed by atoms with Gasteiger partial charge in [0.2, 0.25) is 0 Å². The van der Waals surface area contributed by atoms with Crippen LogP contribution in [0.2, 0.25) is 0 Å². The second-order valence-electron chi connectivity index (χ2n) is 6.50. The largest absolute Gasteiger partial charge is 0.314 e. The molecule has 0 radical (unpaired) electrons. The topological polar surface area (TPSA) is 12.0 Å². The van der Waals surface area contributed by atoms with Crippen LogP contribution in [0.25, 0.3) is 0 Å². The van der Waals surface area contributed by atoms with Gasteiger partial charge in [0.1, 0.15) is 0 Å². The van der Waals surface area contributed by atoms with Crippen molar-refractivity contribution >= 4 is 0 Å². The van der Waals surface area contributed by atoms with E-state index in [-0.39, 0.29) is 0 Å². The minimum Gasteiger partial charge on any atom is -0.314 e. The second kappa shape index (κ2) is 7.20. The number of hydrogen-bond donors (Lipinski definition) is 1. The second-order valence-corrected chi connectivity index (χ2v) is 6.50. The summed E-state index contributed by atoms with van der Waals surface area (Å²) in [6, 6.07) is 0.593. The van der Waals surface area contributed by atoms with Crippen LogP contribution >= 0.6 is 0 Å². The van der Waals surface area contributed by atoms with E-state index in [1.165, 1.54) is 37.8 Å². The minimum absolute atomic E-state index is 0.593. The van der Waals surface area contributed by atoms with E-state index < -0.39 is 0 Å². The van der Waals surface area contributed by atoms with Crippen molar-refractivity contribution in [2.24, 2.45) is 17.8 Å². The van der Waals surface area contributed by atoms with E-state index in [1.54, 1.807) is 0 Å². The molecule has 1 N–H and O–H groups in total. The fourth-order valence-corrected chi connectivity index (χ4v) is 3.02. The van der Waals surface area contributed by atoms with Crippen LogP contribution in [0, 0.1) is 17.8 Å². The van der Waals surface area contributed by atoms with Crippen LogP contribution < -0.4 is 5.32 Å². The Morgan fingerprint density at radius 1 is 1.18 bits per heavy atom. The van der Waals surface area contributed by atoms with Gasteiger partial charge in [-0.15, -0.1) is 6.58 Å². The molecule has 0 aromatic heterocycles. The van der Waals surface area contributed by atoms with Crippen molar-refractivity contribution < 1.29 is 0 Å². The van der Waals surface area contributed by atoms with E-state index >= 15 is 0 Å². The summed E-state index contributed by atoms with van der Waals surface area (Å²) < 4.78 is 0. The first-order valence-electron chi connectivity index (χ1n) is 7.36. The monoisotopic (exact) mass is 237 g/mol. The van der Waals surface area contributed by atoms with Crippen molar-refractivity contribution in [3.8, 4) is 0 Å². The van der Waals surface area contributed by atoms with E-state index in [2.05, 4.69) is 39.6 Å². The Morgan fingerprint density at radius 2 is 1.76 bits per heavy atom. The molecule has 1 heteroatoms. The van der Waals surface area contributed by atoms with Gasteiger partial charge in [-0.3, -0.25) is 0 Å². The number of nitrogens with one attached hydrogen (secondary N) is 1. The molecule has 0 aromatic carbocycles. The SMILES string of the molecule is C=C(C)CC(C)NCC1CCC(C(C)C)CC1. The van der Waals surface area contributed by atoms with Crippen molar-refractivity contribution in [3.05, 3.63) is 12.2 Å². The molecule has 1 aliphatic carbocycles. The third kappa shape index (κ3) is 5.72. The van der Waals surface area contributed by atoms with Gasteiger partial charge in [0.25, 0.3) is 0 Å². The highest BCUT2D eigenvalue weighted by Gasteiger charge is 2.23. The molecule has 1 rings (SSSR count). The zero-order chi connectivity index (χ0) is 12.8. The summed E-state index contributed by atoms with van der Waals surface area (Å²) in [4.78, 5) is 0. The van der Waals surface area contributed by atoms with Crippen LogP contribution in [0.3, 0.4) is 0 Å². The van der Waals surface area contributed by atoms with E-state index in [0.717, 1.165) is 24.2 Å². The molecule has 100 valence electrons. The molecule has 1 atom stereocenters. The Labute approximate surface area is 108 Å². The molecule has 0 heterocycles. The molecule has 1 unspecified atom stereocenters. The third-order valence-corrected chi connectivity index (χ3v) is 4.24. The lowest BCUT2D eigenvalue weighted by Crippen LogP contribution is -2.33. The molecule has 0 aliphatic heterocycles. The van der Waals surface area contributed by atoms with Gasteiger partial charge in [0.05, 0.1) is 0 Å². The molecule has 1 nitrogen and oxygen atoms in total. The first-order valence-corrected chi connectivity index (χ1v) is 7.36. The zero-order valence-electron chi connectivity index (χ0n) is 12.3. The van der Waals surface area contributed by atoms with Gasteiger partial charge in [0.15, 0.2) is 0 Å². The Morgan fingerprint density at radius 3 is 2.24 bits per heavy atom. The van der Waals surface area contributed by atoms with E-state index in [1.807, 2.05) is 0 Å². The Bertz CT molecular complexity index is 224. The summed E-state index contributed by atoms with van der Waals surface area (Å²) in [5.74, 6) is 2.78. The summed E-state index contributed by atoms with van der Waals surface area (Å²) in [7, 11) is 0. The van der Waals surface area contributed by atoms with Gasteiger partial charge in [-0.2, -0.15) is 0 Å². The van der Waals surface area contributed by atoms with Crippen LogP contribution in [0.4, 0.5) is 0 Å². The smallest absolute Gasteiger partial charge is 0.00758 e. The average Bonchev–Trinajstić information content (AvgIpc) is 2.26. The highest BCUT2D eigenvalue weighted by molar-refractivity contribution is 4.91. The third-order valence-electron chi connectivity index (χ3n) is 4.24. The maximum atomic E-state index is 3.98. The molecular weight excluding hydrogens is 206 g/mol. The molecule has 0 aromatic rings. The fraction of sp³-hybridized carbons (Fsp3) is 0.875. The zero-order valence-corrected chi connectivity index (χ0v) is 12.3. The molecule has 1 saturated carbocycles. The summed E-state index contributed by atoms with van der Waals surface area (Å²) in [5.41, 5.74) is 1.29. The number of hydrogen-bond acceptors (Lipinski definition) is 1. The predicted octanol–water partition coefficient (Wildman–Crippen LogP) is 4.39. The molecule has 0 saturated heterocycles. The molecule has 0 spiro atoms. The maximum Gasteiger partial charge on any atom is 0.00758 e. The van der Waals surface area contributed by atoms with Gasteiger partial charge in [0, 0.05) is 6.04 Å². The van der Waals surface area contributed by atoms with Gasteiger partial charge in [-0.25, -0.2) is 0 Å². The van der Waals surface area contributed by atoms with E-state index in [4.69, 9.17) is 0 Å². The van der Waals surface area contributed by atoms with Crippen molar-refractivity contribution in [2.45, 2.75) is 65.8 Å². The van der Waals surface area contributed by atoms with Gasteiger partial charge in [-0.05, 0) is 70.3 Å². The first kappa shape index (κ1) is 14.8. The molecule has 1 fully saturated rings. The quantitative estimate of drug-likeness (QED) is 0.675. The standard InChI is InChI=1S/C16H31N/c1-12(2)10-14(5)17-11-15-6-8-16(9-7-15)13(3)4/h13-17H,1,6-11H2,2-5H3. The van der Waals surface area contributed by atoms with Crippen LogP contribution in [-0.4, -0.2) is 12.6 Å². The fourth-order valence-electron chi connectivity index (χ4n) is 3.02. The highest BCUT2D eigenvalue weighted by Crippen LogP contribution is 2.32. The van der Waals surface area contributed by atoms with Crippen molar-refractivity contribution in [2.75, 3.05) is 6.54 Å². The van der Waals surface area contributed by atoms with Gasteiger partial charge in [-0.1, -0.05) is 19.4 Å². The van der Waals surface area contributed by atoms with E-state index in [0.29, 0.717) is 6.04 Å². The average molecular weight is 237 g/mol. The first-order chi connectivity index (χ1) is 7.99. The van der Waals surface area contributed by atoms with Crippen LogP contribution in [0.15, 0.2) is 12.2 Å². The highest BCUT2D eigenvalue weighted by atomic mass is 14.9. The normalized spacial score (nSPS) is 27.1. The van der Waals surface area contributed by atoms with Crippen LogP contribution in [0.1, 0.15) is 59.8 Å². The summed E-state index contributed by atoms with van der Waals surface area (Å²) >= 11 is 0. The van der Waals surface area contributed by atoms with Crippen molar-refractivity contribution in [3.63, 3.8) is 0 Å². The van der Waals surface area contributed by atoms with Crippen molar-refractivity contribution in [1.82, 2.24) is 5.32 Å². The molecule has 0 bridgehead atoms. The van der Waals surface area contributed by atoms with Crippen molar-refractivity contribution in [1.29, 1.82) is 0 Å². The Hall–Kier alpha value is -0.300. The van der Waals surface area contributed by atoms with Crippen LogP contribution in [-0.2, 0) is 0 Å². The van der Waals surface area contributed by atoms with Crippen LogP contribution in [0.5, 0.6) is 0 Å². The predicted molar refractivity (Wildman–Crippen MR) is 77.2 cm³/mol. The molecule has 1 aliphatic rings. The summed E-state index contributed by atoms with van der Waals surface area (Å²) in [5, 5.41) is 3.67. The minimum atomic E-state index is 0.593. The number of rotatable bonds is 6. The maximum absolute atomic E-state index is 3.98. The lowest BCUT2D eigenvalue weighted by atomic mass is 9.77. The molecular formula is C16H31N. The van der Waals surface area contributed by atoms with E-state index in [9.17, 15) is 0 Å². The summed E-state index contributed by atoms with van der Waals surface area (Å²) in [6.07, 6.45) is 6.85. The Kier molecular flexibility index (Phi) is 6.26. The lowest BCUT2D eigenvalue weighted by molar-refractivity contribution is 0.217. The molecule has 0 amide bonds. The Balaban J connectivity index is 2.16. The lowest BCUT2D eigenvalue weighted by Gasteiger charge is -2.31.